The Morgan fingerprint density at radius 2 is 0.979 bits per heavy atom. The zero-order valence-electron chi connectivity index (χ0n) is 26.8. The summed E-state index contributed by atoms with van der Waals surface area (Å²) in [6.07, 6.45) is 5.57. The summed E-state index contributed by atoms with van der Waals surface area (Å²) in [6.45, 7) is 8.70. The summed E-state index contributed by atoms with van der Waals surface area (Å²) in [6, 6.07) is 2.27. The number of hydrogen-bond acceptors (Lipinski definition) is 8. The largest absolute Gasteiger partial charge is 0.462 e. The quantitative estimate of drug-likeness (QED) is 0.0907. The second-order valence-electron chi connectivity index (χ2n) is 12.4. The molecule has 0 spiro atoms. The number of halogens is 6. The fraction of sp³-hybridized carbons (Fsp3) is 0.529. The number of esters is 4. The van der Waals surface area contributed by atoms with Crippen LogP contribution in [0.3, 0.4) is 0 Å². The number of ether oxygens (including phenoxy) is 4. The van der Waals surface area contributed by atoms with Crippen LogP contribution in [0.4, 0.5) is 0 Å². The molecule has 4 rings (SSSR count). The topological polar surface area (TPSA) is 105 Å². The molecule has 0 saturated heterocycles. The van der Waals surface area contributed by atoms with Gasteiger partial charge in [-0.1, -0.05) is 110 Å². The summed E-state index contributed by atoms with van der Waals surface area (Å²) in [5.41, 5.74) is -0.904. The molecule has 0 aromatic heterocycles. The van der Waals surface area contributed by atoms with E-state index in [9.17, 15) is 19.2 Å². The average molecular weight is 785 g/mol. The van der Waals surface area contributed by atoms with Crippen molar-refractivity contribution in [2.24, 2.45) is 35.5 Å². The van der Waals surface area contributed by atoms with E-state index in [1.807, 2.05) is 0 Å². The van der Waals surface area contributed by atoms with E-state index in [4.69, 9.17) is 88.6 Å². The van der Waals surface area contributed by atoms with Crippen molar-refractivity contribution in [2.45, 2.75) is 66.2 Å². The van der Waals surface area contributed by atoms with Crippen molar-refractivity contribution in [1.29, 1.82) is 0 Å². The van der Waals surface area contributed by atoms with Gasteiger partial charge in [0.2, 0.25) is 0 Å². The molecule has 0 radical (unpaired) electrons. The third kappa shape index (κ3) is 8.50. The zero-order chi connectivity index (χ0) is 35.4. The highest BCUT2D eigenvalue weighted by molar-refractivity contribution is 6.47. The second-order valence-corrected chi connectivity index (χ2v) is 14.8. The summed E-state index contributed by atoms with van der Waals surface area (Å²) in [5.74, 6) is -3.38. The van der Waals surface area contributed by atoms with Crippen LogP contribution in [0.5, 0.6) is 11.5 Å². The van der Waals surface area contributed by atoms with Crippen LogP contribution in [0.2, 0.25) is 30.1 Å². The van der Waals surface area contributed by atoms with Crippen LogP contribution in [0, 0.1) is 35.5 Å². The molecule has 6 unspecified atom stereocenters. The van der Waals surface area contributed by atoms with E-state index in [0.717, 1.165) is 37.8 Å². The molecule has 262 valence electrons. The van der Waals surface area contributed by atoms with Gasteiger partial charge in [-0.15, -0.1) is 0 Å². The van der Waals surface area contributed by atoms with Gasteiger partial charge in [-0.25, -0.2) is 19.2 Å². The standard InChI is InChI=1S/C34H36Cl6O8/c1-5-17-11-15(3)19(17)7-9-45-31(41)25-27(39)21(35)13-23(37)29(25)47-33(43)34(44)48-30-24(38)14-22(36)28(40)26(30)32(42)46-10-8-20-16(4)12-18(20)6-2/h13-20H,5-12H2,1-4H3. The zero-order valence-corrected chi connectivity index (χ0v) is 31.3. The minimum absolute atomic E-state index is 0.0772. The first kappa shape index (κ1) is 38.9. The molecule has 0 N–H and O–H groups in total. The van der Waals surface area contributed by atoms with Gasteiger partial charge >= 0.3 is 23.9 Å². The lowest BCUT2D eigenvalue weighted by molar-refractivity contribution is -0.156. The Hall–Kier alpha value is -1.94. The fourth-order valence-corrected chi connectivity index (χ4v) is 8.32. The number of carbonyl (C=O) groups excluding carboxylic acids is 4. The first-order chi connectivity index (χ1) is 22.7. The van der Waals surface area contributed by atoms with Crippen LogP contribution in [-0.4, -0.2) is 37.1 Å². The molecular weight excluding hydrogens is 749 g/mol. The highest BCUT2D eigenvalue weighted by atomic mass is 35.5. The van der Waals surface area contributed by atoms with Crippen LogP contribution in [0.15, 0.2) is 12.1 Å². The highest BCUT2D eigenvalue weighted by Gasteiger charge is 2.38. The number of rotatable bonds is 12. The molecule has 48 heavy (non-hydrogen) atoms. The Morgan fingerprint density at radius 3 is 1.29 bits per heavy atom. The smallest absolute Gasteiger partial charge is 0.423 e. The first-order valence-corrected chi connectivity index (χ1v) is 18.1. The minimum Gasteiger partial charge on any atom is -0.462 e. The molecule has 2 saturated carbocycles. The molecular formula is C34H36Cl6O8. The normalized spacial score (nSPS) is 23.0. The predicted octanol–water partition coefficient (Wildman–Crippen LogP) is 10.6. The van der Waals surface area contributed by atoms with E-state index < -0.39 is 46.5 Å². The van der Waals surface area contributed by atoms with E-state index in [1.54, 1.807) is 0 Å². The maximum absolute atomic E-state index is 13.2. The van der Waals surface area contributed by atoms with Crippen molar-refractivity contribution in [1.82, 2.24) is 0 Å². The van der Waals surface area contributed by atoms with E-state index in [-0.39, 0.29) is 43.3 Å². The van der Waals surface area contributed by atoms with Gasteiger partial charge in [-0.05, 0) is 73.3 Å². The third-order valence-electron chi connectivity index (χ3n) is 9.66. The molecule has 2 aliphatic carbocycles. The van der Waals surface area contributed by atoms with Crippen molar-refractivity contribution in [2.75, 3.05) is 13.2 Å². The predicted molar refractivity (Wildman–Crippen MR) is 186 cm³/mol. The lowest BCUT2D eigenvalue weighted by atomic mass is 9.63. The van der Waals surface area contributed by atoms with Gasteiger partial charge in [-0.2, -0.15) is 0 Å². The summed E-state index contributed by atoms with van der Waals surface area (Å²) in [4.78, 5) is 52.4. The van der Waals surface area contributed by atoms with Crippen LogP contribution in [-0.2, 0) is 19.1 Å². The van der Waals surface area contributed by atoms with Gasteiger partial charge < -0.3 is 18.9 Å². The highest BCUT2D eigenvalue weighted by Crippen LogP contribution is 2.46. The summed E-state index contributed by atoms with van der Waals surface area (Å²) in [7, 11) is 0. The molecule has 2 aromatic carbocycles. The Labute approximate surface area is 309 Å². The maximum Gasteiger partial charge on any atom is 0.423 e. The van der Waals surface area contributed by atoms with Gasteiger partial charge in [-0.3, -0.25) is 0 Å². The van der Waals surface area contributed by atoms with E-state index >= 15 is 0 Å². The van der Waals surface area contributed by atoms with Gasteiger partial charge in [0.1, 0.15) is 11.1 Å². The van der Waals surface area contributed by atoms with Crippen LogP contribution in [0.1, 0.15) is 86.9 Å². The van der Waals surface area contributed by atoms with E-state index in [0.29, 0.717) is 48.3 Å². The monoisotopic (exact) mass is 782 g/mol. The fourth-order valence-electron chi connectivity index (χ4n) is 6.88. The number of carbonyl (C=O) groups is 4. The van der Waals surface area contributed by atoms with Crippen molar-refractivity contribution < 1.29 is 38.1 Å². The minimum atomic E-state index is -1.63. The maximum atomic E-state index is 13.2. The summed E-state index contributed by atoms with van der Waals surface area (Å²) in [5, 5.41) is -1.44. The molecule has 2 aliphatic rings. The Morgan fingerprint density at radius 1 is 0.625 bits per heavy atom. The molecule has 0 amide bonds. The molecule has 14 heteroatoms. The summed E-state index contributed by atoms with van der Waals surface area (Å²) < 4.78 is 21.3. The molecule has 0 aliphatic heterocycles. The van der Waals surface area contributed by atoms with Gasteiger partial charge in [0, 0.05) is 0 Å². The lowest BCUT2D eigenvalue weighted by Crippen LogP contribution is -2.35. The van der Waals surface area contributed by atoms with Gasteiger partial charge in [0.05, 0.1) is 43.3 Å². The van der Waals surface area contributed by atoms with Crippen molar-refractivity contribution >= 4 is 93.5 Å². The van der Waals surface area contributed by atoms with Crippen molar-refractivity contribution in [3.63, 3.8) is 0 Å². The van der Waals surface area contributed by atoms with Gasteiger partial charge in [0.15, 0.2) is 11.5 Å². The first-order valence-electron chi connectivity index (χ1n) is 15.8. The van der Waals surface area contributed by atoms with Gasteiger partial charge in [0.25, 0.3) is 0 Å². The van der Waals surface area contributed by atoms with Crippen LogP contribution >= 0.6 is 69.6 Å². The molecule has 0 bridgehead atoms. The molecule has 6 atom stereocenters. The lowest BCUT2D eigenvalue weighted by Gasteiger charge is -2.42. The number of benzene rings is 2. The summed E-state index contributed by atoms with van der Waals surface area (Å²) >= 11 is 37.5. The second kappa shape index (κ2) is 16.8. The third-order valence-corrected chi connectivity index (χ3v) is 11.8. The van der Waals surface area contributed by atoms with E-state index in [2.05, 4.69) is 27.7 Å². The molecule has 8 nitrogen and oxygen atoms in total. The molecule has 2 aromatic rings. The van der Waals surface area contributed by atoms with Crippen molar-refractivity contribution in [3.8, 4) is 11.5 Å². The number of hydrogen-bond donors (Lipinski definition) is 0. The van der Waals surface area contributed by atoms with Crippen molar-refractivity contribution in [3.05, 3.63) is 53.4 Å². The Kier molecular flexibility index (Phi) is 13.6. The average Bonchev–Trinajstić information content (AvgIpc) is 3.03. The van der Waals surface area contributed by atoms with Crippen LogP contribution in [0.25, 0.3) is 0 Å². The molecule has 0 heterocycles. The van der Waals surface area contributed by atoms with E-state index in [1.165, 1.54) is 0 Å². The SMILES string of the molecule is CCC1CC(C)C1CCOC(=O)c1c(Cl)c(Cl)cc(Cl)c1OC(=O)C(=O)Oc1c(Cl)cc(Cl)c(Cl)c1C(=O)OCCC1C(C)CC1CC. The Bertz CT molecular complexity index is 1460. The molecule has 2 fully saturated rings. The van der Waals surface area contributed by atoms with Crippen LogP contribution < -0.4 is 9.47 Å². The Balaban J connectivity index is 1.49.